The van der Waals surface area contributed by atoms with Gasteiger partial charge in [-0.2, -0.15) is 0 Å². The van der Waals surface area contributed by atoms with E-state index in [1.807, 2.05) is 13.0 Å². The molecule has 0 amide bonds. The third-order valence-electron chi connectivity index (χ3n) is 3.55. The Morgan fingerprint density at radius 2 is 2.11 bits per heavy atom. The second-order valence-electron chi connectivity index (χ2n) is 5.24. The molecule has 4 heteroatoms. The van der Waals surface area contributed by atoms with E-state index in [9.17, 15) is 0 Å². The highest BCUT2D eigenvalue weighted by molar-refractivity contribution is 6.32. The van der Waals surface area contributed by atoms with Crippen LogP contribution in [0.1, 0.15) is 18.1 Å². The van der Waals surface area contributed by atoms with Crippen molar-refractivity contribution in [3.05, 3.63) is 34.3 Å². The minimum Gasteiger partial charge on any atom is -0.379 e. The topological polar surface area (TPSA) is 24.5 Å². The highest BCUT2D eigenvalue weighted by atomic mass is 35.5. The van der Waals surface area contributed by atoms with E-state index in [1.165, 1.54) is 5.56 Å². The lowest BCUT2D eigenvalue weighted by Crippen LogP contribution is -2.44. The van der Waals surface area contributed by atoms with Crippen molar-refractivity contribution in [2.45, 2.75) is 26.4 Å². The molecular formula is C15H23ClN2O. The molecule has 1 aromatic carbocycles. The Morgan fingerprint density at radius 1 is 1.37 bits per heavy atom. The highest BCUT2D eigenvalue weighted by Gasteiger charge is 2.13. The maximum Gasteiger partial charge on any atom is 0.0594 e. The van der Waals surface area contributed by atoms with Crippen molar-refractivity contribution in [1.29, 1.82) is 0 Å². The van der Waals surface area contributed by atoms with Crippen LogP contribution in [0.4, 0.5) is 0 Å². The lowest BCUT2D eigenvalue weighted by atomic mass is 10.1. The van der Waals surface area contributed by atoms with Crippen LogP contribution in [0.5, 0.6) is 0 Å². The lowest BCUT2D eigenvalue weighted by molar-refractivity contribution is 0.0343. The first kappa shape index (κ1) is 14.8. The van der Waals surface area contributed by atoms with E-state index in [-0.39, 0.29) is 0 Å². The lowest BCUT2D eigenvalue weighted by Gasteiger charge is -2.29. The number of halogens is 1. The number of hydrogen-bond acceptors (Lipinski definition) is 3. The molecule has 1 saturated heterocycles. The molecule has 3 nitrogen and oxygen atoms in total. The first-order valence-electron chi connectivity index (χ1n) is 6.94. The van der Waals surface area contributed by atoms with E-state index in [2.05, 4.69) is 29.3 Å². The van der Waals surface area contributed by atoms with Gasteiger partial charge in [0.15, 0.2) is 0 Å². The maximum absolute atomic E-state index is 6.30. The average Bonchev–Trinajstić information content (AvgIpc) is 2.42. The molecule has 19 heavy (non-hydrogen) atoms. The zero-order valence-corrected chi connectivity index (χ0v) is 12.5. The van der Waals surface area contributed by atoms with Gasteiger partial charge in [0.05, 0.1) is 13.2 Å². The maximum atomic E-state index is 6.30. The van der Waals surface area contributed by atoms with Crippen LogP contribution in [0.25, 0.3) is 0 Å². The van der Waals surface area contributed by atoms with Gasteiger partial charge in [0, 0.05) is 37.2 Å². The van der Waals surface area contributed by atoms with Crippen molar-refractivity contribution in [3.8, 4) is 0 Å². The van der Waals surface area contributed by atoms with Crippen LogP contribution in [0.2, 0.25) is 5.02 Å². The molecule has 1 atom stereocenters. The zero-order valence-electron chi connectivity index (χ0n) is 11.8. The van der Waals surface area contributed by atoms with Gasteiger partial charge in [0.2, 0.25) is 0 Å². The van der Waals surface area contributed by atoms with E-state index in [1.54, 1.807) is 0 Å². The summed E-state index contributed by atoms with van der Waals surface area (Å²) in [6.45, 7) is 9.95. The third-order valence-corrected chi connectivity index (χ3v) is 4.09. The van der Waals surface area contributed by atoms with Crippen LogP contribution in [-0.2, 0) is 11.3 Å². The van der Waals surface area contributed by atoms with Crippen molar-refractivity contribution in [3.63, 3.8) is 0 Å². The average molecular weight is 283 g/mol. The fourth-order valence-corrected chi connectivity index (χ4v) is 2.56. The summed E-state index contributed by atoms with van der Waals surface area (Å²) >= 11 is 6.30. The van der Waals surface area contributed by atoms with Crippen LogP contribution in [0.15, 0.2) is 18.2 Å². The summed E-state index contributed by atoms with van der Waals surface area (Å²) in [7, 11) is 0. The van der Waals surface area contributed by atoms with Crippen molar-refractivity contribution in [1.82, 2.24) is 10.2 Å². The van der Waals surface area contributed by atoms with Crippen molar-refractivity contribution >= 4 is 11.6 Å². The van der Waals surface area contributed by atoms with Crippen LogP contribution in [0.3, 0.4) is 0 Å². The Balaban J connectivity index is 1.79. The highest BCUT2D eigenvalue weighted by Crippen LogP contribution is 2.20. The summed E-state index contributed by atoms with van der Waals surface area (Å²) < 4.78 is 5.36. The minimum atomic E-state index is 0.453. The minimum absolute atomic E-state index is 0.453. The number of benzene rings is 1. The molecule has 1 aromatic rings. The number of nitrogens with zero attached hydrogens (tertiary/aromatic N) is 1. The molecule has 1 unspecified atom stereocenters. The molecule has 0 spiro atoms. The number of aryl methyl sites for hydroxylation is 1. The molecule has 1 N–H and O–H groups in total. The second kappa shape index (κ2) is 7.25. The van der Waals surface area contributed by atoms with Gasteiger partial charge in [-0.15, -0.1) is 0 Å². The summed E-state index contributed by atoms with van der Waals surface area (Å²) in [4.78, 5) is 2.44. The summed E-state index contributed by atoms with van der Waals surface area (Å²) in [6.07, 6.45) is 0. The molecular weight excluding hydrogens is 260 g/mol. The SMILES string of the molecule is Cc1cccc(CNC(C)CN2CCOCC2)c1Cl. The van der Waals surface area contributed by atoms with Crippen LogP contribution < -0.4 is 5.32 Å². The van der Waals surface area contributed by atoms with Gasteiger partial charge >= 0.3 is 0 Å². The summed E-state index contributed by atoms with van der Waals surface area (Å²) in [5.74, 6) is 0. The molecule has 0 saturated carbocycles. The fourth-order valence-electron chi connectivity index (χ4n) is 2.36. The Hall–Kier alpha value is -0.610. The number of ether oxygens (including phenoxy) is 1. The van der Waals surface area contributed by atoms with Crippen LogP contribution >= 0.6 is 11.6 Å². The normalized spacial score (nSPS) is 18.5. The number of hydrogen-bond donors (Lipinski definition) is 1. The van der Waals surface area contributed by atoms with Gasteiger partial charge < -0.3 is 10.1 Å². The summed E-state index contributed by atoms with van der Waals surface area (Å²) in [5, 5.41) is 4.43. The number of morpholine rings is 1. The van der Waals surface area contributed by atoms with Gasteiger partial charge in [0.25, 0.3) is 0 Å². The number of nitrogens with one attached hydrogen (secondary N) is 1. The van der Waals surface area contributed by atoms with Crippen LogP contribution in [-0.4, -0.2) is 43.8 Å². The summed E-state index contributed by atoms with van der Waals surface area (Å²) in [5.41, 5.74) is 2.32. The van der Waals surface area contributed by atoms with E-state index in [4.69, 9.17) is 16.3 Å². The Morgan fingerprint density at radius 3 is 2.84 bits per heavy atom. The molecule has 106 valence electrons. The Kier molecular flexibility index (Phi) is 5.64. The van der Waals surface area contributed by atoms with Gasteiger partial charge in [0.1, 0.15) is 0 Å². The van der Waals surface area contributed by atoms with Crippen molar-refractivity contribution in [2.24, 2.45) is 0 Å². The molecule has 1 fully saturated rings. The third kappa shape index (κ3) is 4.46. The first-order valence-corrected chi connectivity index (χ1v) is 7.32. The largest absolute Gasteiger partial charge is 0.379 e. The summed E-state index contributed by atoms with van der Waals surface area (Å²) in [6, 6.07) is 6.65. The van der Waals surface area contributed by atoms with Crippen molar-refractivity contribution < 1.29 is 4.74 Å². The second-order valence-corrected chi connectivity index (χ2v) is 5.62. The smallest absolute Gasteiger partial charge is 0.0594 e. The Labute approximate surface area is 120 Å². The fraction of sp³-hybridized carbons (Fsp3) is 0.600. The predicted molar refractivity (Wildman–Crippen MR) is 79.7 cm³/mol. The zero-order chi connectivity index (χ0) is 13.7. The molecule has 1 aliphatic rings. The molecule has 1 heterocycles. The van der Waals surface area contributed by atoms with Crippen molar-refractivity contribution in [2.75, 3.05) is 32.8 Å². The Bertz CT molecular complexity index is 405. The van der Waals surface area contributed by atoms with Gasteiger partial charge in [-0.1, -0.05) is 29.8 Å². The molecule has 0 bridgehead atoms. The predicted octanol–water partition coefficient (Wildman–Crippen LogP) is 2.46. The standard InChI is InChI=1S/C15H23ClN2O/c1-12-4-3-5-14(15(12)16)10-17-13(2)11-18-6-8-19-9-7-18/h3-5,13,17H,6-11H2,1-2H3. The quantitative estimate of drug-likeness (QED) is 0.898. The first-order chi connectivity index (χ1) is 9.16. The van der Waals surface area contributed by atoms with E-state index < -0.39 is 0 Å². The molecule has 2 rings (SSSR count). The van der Waals surface area contributed by atoms with Gasteiger partial charge in [-0.25, -0.2) is 0 Å². The molecule has 0 aliphatic carbocycles. The molecule has 0 aromatic heterocycles. The molecule has 0 radical (unpaired) electrons. The monoisotopic (exact) mass is 282 g/mol. The van der Waals surface area contributed by atoms with E-state index >= 15 is 0 Å². The van der Waals surface area contributed by atoms with Crippen LogP contribution in [0, 0.1) is 6.92 Å². The van der Waals surface area contributed by atoms with Gasteiger partial charge in [-0.3, -0.25) is 4.90 Å². The molecule has 1 aliphatic heterocycles. The van der Waals surface area contributed by atoms with E-state index in [0.29, 0.717) is 6.04 Å². The van der Waals surface area contributed by atoms with E-state index in [0.717, 1.165) is 50.0 Å². The van der Waals surface area contributed by atoms with Gasteiger partial charge in [-0.05, 0) is 25.0 Å². The number of rotatable bonds is 5.